The van der Waals surface area contributed by atoms with E-state index in [1.165, 1.54) is 4.90 Å². The van der Waals surface area contributed by atoms with Gasteiger partial charge in [-0.3, -0.25) is 9.69 Å². The molecule has 1 aliphatic heterocycles. The van der Waals surface area contributed by atoms with E-state index in [0.29, 0.717) is 13.0 Å². The lowest BCUT2D eigenvalue weighted by atomic mass is 10.2. The van der Waals surface area contributed by atoms with Crippen molar-refractivity contribution in [3.8, 4) is 0 Å². The minimum atomic E-state index is -0.426. The Balaban J connectivity index is 1.36. The molecule has 0 saturated carbocycles. The van der Waals surface area contributed by atoms with Crippen LogP contribution in [0.2, 0.25) is 0 Å². The van der Waals surface area contributed by atoms with Crippen molar-refractivity contribution in [2.45, 2.75) is 17.4 Å². The molecule has 0 aliphatic carbocycles. The van der Waals surface area contributed by atoms with Gasteiger partial charge in [0.25, 0.3) is 0 Å². The normalized spacial score (nSPS) is 16.8. The largest absolute Gasteiger partial charge is 0.386 e. The van der Waals surface area contributed by atoms with Gasteiger partial charge in [-0.1, -0.05) is 24.3 Å². The van der Waals surface area contributed by atoms with Gasteiger partial charge in [0.05, 0.1) is 0 Å². The second kappa shape index (κ2) is 9.38. The lowest BCUT2D eigenvalue weighted by molar-refractivity contribution is -0.132. The third kappa shape index (κ3) is 5.57. The van der Waals surface area contributed by atoms with Crippen LogP contribution in [-0.4, -0.2) is 59.3 Å². The van der Waals surface area contributed by atoms with Crippen LogP contribution in [0.4, 0.5) is 0 Å². The Kier molecular flexibility index (Phi) is 6.93. The van der Waals surface area contributed by atoms with E-state index in [2.05, 4.69) is 17.0 Å². The van der Waals surface area contributed by atoms with Gasteiger partial charge in [-0.25, -0.2) is 0 Å². The van der Waals surface area contributed by atoms with E-state index < -0.39 is 6.10 Å². The highest BCUT2D eigenvalue weighted by atomic mass is 32.2. The Morgan fingerprint density at radius 2 is 1.88 bits per heavy atom. The zero-order valence-electron chi connectivity index (χ0n) is 14.2. The first kappa shape index (κ1) is 18.5. The van der Waals surface area contributed by atoms with Crippen molar-refractivity contribution in [1.29, 1.82) is 0 Å². The van der Waals surface area contributed by atoms with Crippen LogP contribution < -0.4 is 0 Å². The van der Waals surface area contributed by atoms with Gasteiger partial charge in [-0.2, -0.15) is 0 Å². The predicted molar refractivity (Wildman–Crippen MR) is 104 cm³/mol. The zero-order valence-corrected chi connectivity index (χ0v) is 15.8. The first-order valence-electron chi connectivity index (χ1n) is 8.62. The molecule has 1 N–H and O–H groups in total. The second-order valence-electron chi connectivity index (χ2n) is 6.12. The summed E-state index contributed by atoms with van der Waals surface area (Å²) >= 11 is 3.32. The molecule has 4 nitrogen and oxygen atoms in total. The summed E-state index contributed by atoms with van der Waals surface area (Å²) in [7, 11) is 0. The lowest BCUT2D eigenvalue weighted by Gasteiger charge is -2.35. The van der Waals surface area contributed by atoms with E-state index in [0.717, 1.165) is 36.8 Å². The van der Waals surface area contributed by atoms with Gasteiger partial charge in [0, 0.05) is 54.7 Å². The molecule has 0 unspecified atom stereocenters. The second-order valence-corrected chi connectivity index (χ2v) is 8.27. The topological polar surface area (TPSA) is 43.8 Å². The number of aliphatic hydroxyl groups is 1. The zero-order chi connectivity index (χ0) is 17.5. The van der Waals surface area contributed by atoms with Crippen molar-refractivity contribution in [1.82, 2.24) is 9.80 Å². The fraction of sp³-hybridized carbons (Fsp3) is 0.421. The summed E-state index contributed by atoms with van der Waals surface area (Å²) in [4.78, 5) is 18.8. The number of β-amino-alcohol motifs (C(OH)–C–C–N with tert-alkyl or cyclic N) is 1. The smallest absolute Gasteiger partial charge is 0.223 e. The summed E-state index contributed by atoms with van der Waals surface area (Å²) in [5, 5.41) is 12.2. The molecular formula is C19H24N2O2S2. The van der Waals surface area contributed by atoms with Gasteiger partial charge in [0.1, 0.15) is 6.10 Å². The summed E-state index contributed by atoms with van der Waals surface area (Å²) in [5.41, 5.74) is 0. The van der Waals surface area contributed by atoms with Crippen molar-refractivity contribution < 1.29 is 9.90 Å². The van der Waals surface area contributed by atoms with Crippen LogP contribution in [0.1, 0.15) is 17.4 Å². The van der Waals surface area contributed by atoms with Crippen LogP contribution in [0.15, 0.2) is 52.7 Å². The molecule has 0 radical (unpaired) electrons. The first-order chi connectivity index (χ1) is 12.2. The third-order valence-electron chi connectivity index (χ3n) is 4.36. The van der Waals surface area contributed by atoms with Gasteiger partial charge >= 0.3 is 0 Å². The molecule has 1 aliphatic rings. The summed E-state index contributed by atoms with van der Waals surface area (Å²) in [6, 6.07) is 14.1. The molecule has 2 heterocycles. The summed E-state index contributed by atoms with van der Waals surface area (Å²) in [6.45, 7) is 3.82. The number of aliphatic hydroxyl groups excluding tert-OH is 1. The number of thioether (sulfide) groups is 1. The Morgan fingerprint density at radius 1 is 1.12 bits per heavy atom. The Labute approximate surface area is 157 Å². The predicted octanol–water partition coefficient (Wildman–Crippen LogP) is 3.11. The van der Waals surface area contributed by atoms with Crippen molar-refractivity contribution in [2.24, 2.45) is 0 Å². The molecule has 0 spiro atoms. The van der Waals surface area contributed by atoms with E-state index >= 15 is 0 Å². The highest BCUT2D eigenvalue weighted by Crippen LogP contribution is 2.21. The van der Waals surface area contributed by atoms with Crippen LogP contribution in [0.25, 0.3) is 0 Å². The quantitative estimate of drug-likeness (QED) is 0.754. The standard InChI is InChI=1S/C19H24N2O2S2/c22-17(18-7-4-13-25-18)15-20-9-11-21(12-10-20)19(23)8-14-24-16-5-2-1-3-6-16/h1-7,13,17,22H,8-12,14-15H2/t17-/m0/s1. The van der Waals surface area contributed by atoms with Crippen LogP contribution in [0, 0.1) is 0 Å². The average Bonchev–Trinajstić information content (AvgIpc) is 3.18. The average molecular weight is 377 g/mol. The van der Waals surface area contributed by atoms with E-state index in [4.69, 9.17) is 0 Å². The number of nitrogens with zero attached hydrogens (tertiary/aromatic N) is 2. The SMILES string of the molecule is O=C(CCSc1ccccc1)N1CCN(C[C@H](O)c2cccs2)CC1. The number of benzene rings is 1. The molecule has 1 saturated heterocycles. The Morgan fingerprint density at radius 3 is 2.56 bits per heavy atom. The highest BCUT2D eigenvalue weighted by Gasteiger charge is 2.22. The van der Waals surface area contributed by atoms with E-state index in [1.807, 2.05) is 40.6 Å². The summed E-state index contributed by atoms with van der Waals surface area (Å²) < 4.78 is 0. The molecule has 0 bridgehead atoms. The van der Waals surface area contributed by atoms with Gasteiger partial charge in [0.2, 0.25) is 5.91 Å². The maximum Gasteiger partial charge on any atom is 0.223 e. The molecule has 1 aromatic heterocycles. The monoisotopic (exact) mass is 376 g/mol. The summed E-state index contributed by atoms with van der Waals surface area (Å²) in [5.74, 6) is 1.06. The maximum atomic E-state index is 12.4. The molecule has 1 atom stereocenters. The van der Waals surface area contributed by atoms with Crippen molar-refractivity contribution in [2.75, 3.05) is 38.5 Å². The molecular weight excluding hydrogens is 352 g/mol. The molecule has 25 heavy (non-hydrogen) atoms. The van der Waals surface area contributed by atoms with Gasteiger partial charge in [-0.15, -0.1) is 23.1 Å². The van der Waals surface area contributed by atoms with Crippen LogP contribution in [0.3, 0.4) is 0 Å². The number of amides is 1. The maximum absolute atomic E-state index is 12.4. The number of carbonyl (C=O) groups is 1. The molecule has 6 heteroatoms. The van der Waals surface area contributed by atoms with Crippen molar-refractivity contribution >= 4 is 29.0 Å². The fourth-order valence-corrected chi connectivity index (χ4v) is 4.49. The van der Waals surface area contributed by atoms with Crippen molar-refractivity contribution in [3.05, 3.63) is 52.7 Å². The lowest BCUT2D eigenvalue weighted by Crippen LogP contribution is -2.49. The highest BCUT2D eigenvalue weighted by molar-refractivity contribution is 7.99. The molecule has 3 rings (SSSR count). The third-order valence-corrected chi connectivity index (χ3v) is 6.34. The molecule has 134 valence electrons. The number of hydrogen-bond acceptors (Lipinski definition) is 5. The molecule has 2 aromatic rings. The number of thiophene rings is 1. The van der Waals surface area contributed by atoms with Crippen LogP contribution in [0.5, 0.6) is 0 Å². The number of rotatable bonds is 7. The number of piperazine rings is 1. The molecule has 1 amide bonds. The van der Waals surface area contributed by atoms with Crippen LogP contribution in [-0.2, 0) is 4.79 Å². The Hall–Kier alpha value is -1.34. The van der Waals surface area contributed by atoms with Gasteiger partial charge < -0.3 is 10.0 Å². The first-order valence-corrected chi connectivity index (χ1v) is 10.5. The van der Waals surface area contributed by atoms with Gasteiger partial charge in [0.15, 0.2) is 0 Å². The fourth-order valence-electron chi connectivity index (χ4n) is 2.93. The summed E-state index contributed by atoms with van der Waals surface area (Å²) in [6.07, 6.45) is 0.154. The molecule has 1 fully saturated rings. The van der Waals surface area contributed by atoms with E-state index in [-0.39, 0.29) is 5.91 Å². The number of carbonyl (C=O) groups excluding carboxylic acids is 1. The minimum Gasteiger partial charge on any atom is -0.386 e. The number of hydrogen-bond donors (Lipinski definition) is 1. The van der Waals surface area contributed by atoms with E-state index in [9.17, 15) is 9.90 Å². The Bertz CT molecular complexity index is 641. The molecule has 1 aromatic carbocycles. The van der Waals surface area contributed by atoms with Crippen molar-refractivity contribution in [3.63, 3.8) is 0 Å². The van der Waals surface area contributed by atoms with Gasteiger partial charge in [-0.05, 0) is 23.6 Å². The van der Waals surface area contributed by atoms with Crippen LogP contribution >= 0.6 is 23.1 Å². The van der Waals surface area contributed by atoms with E-state index in [1.54, 1.807) is 23.1 Å². The minimum absolute atomic E-state index is 0.238.